The number of hydrogen-bond donors (Lipinski definition) is 1. The molecule has 0 heterocycles. The molecule has 3 nitrogen and oxygen atoms in total. The maximum Gasteiger partial charge on any atom is 0.268 e. The van der Waals surface area contributed by atoms with Gasteiger partial charge in [0.1, 0.15) is 0 Å². The Balaban J connectivity index is 2.20. The molecule has 0 aliphatic heterocycles. The maximum absolute atomic E-state index is 11.4. The van der Waals surface area contributed by atoms with Gasteiger partial charge in [0.2, 0.25) is 0 Å². The van der Waals surface area contributed by atoms with Gasteiger partial charge in [-0.05, 0) is 6.42 Å². The van der Waals surface area contributed by atoms with Gasteiger partial charge in [-0.15, -0.1) is 0 Å². The smallest absolute Gasteiger partial charge is 0.268 e. The molecule has 0 amide bonds. The molecule has 0 spiro atoms. The first-order chi connectivity index (χ1) is 9.55. The molecular weight excluding hydrogens is 272 g/mol. The SMILES string of the molecule is CCCCCCCCCCC(C1C=CC=C1)S(=O)(=O)O. The van der Waals surface area contributed by atoms with E-state index in [9.17, 15) is 13.0 Å². The van der Waals surface area contributed by atoms with E-state index in [-0.39, 0.29) is 5.92 Å². The lowest BCUT2D eigenvalue weighted by atomic mass is 10.0. The molecule has 0 aromatic carbocycles. The second-order valence-electron chi connectivity index (χ2n) is 5.66. The van der Waals surface area contributed by atoms with E-state index >= 15 is 0 Å². The van der Waals surface area contributed by atoms with E-state index in [1.54, 1.807) is 0 Å². The van der Waals surface area contributed by atoms with Crippen LogP contribution in [-0.2, 0) is 10.1 Å². The minimum atomic E-state index is -3.96. The van der Waals surface area contributed by atoms with Gasteiger partial charge < -0.3 is 0 Å². The number of hydrogen-bond acceptors (Lipinski definition) is 2. The summed E-state index contributed by atoms with van der Waals surface area (Å²) in [7, 11) is -3.96. The summed E-state index contributed by atoms with van der Waals surface area (Å²) in [5.74, 6) is -0.158. The summed E-state index contributed by atoms with van der Waals surface area (Å²) in [6.07, 6.45) is 17.4. The normalized spacial score (nSPS) is 16.9. The highest BCUT2D eigenvalue weighted by molar-refractivity contribution is 7.86. The average Bonchev–Trinajstić information content (AvgIpc) is 2.89. The quantitative estimate of drug-likeness (QED) is 0.451. The maximum atomic E-state index is 11.4. The highest BCUT2D eigenvalue weighted by atomic mass is 32.2. The Hall–Kier alpha value is -0.610. The molecule has 1 atom stereocenters. The van der Waals surface area contributed by atoms with Gasteiger partial charge in [0.25, 0.3) is 10.1 Å². The lowest BCUT2D eigenvalue weighted by Crippen LogP contribution is -2.26. The standard InChI is InChI=1S/C16H28O3S/c1-2-3-4-5-6-7-8-9-14-16(20(17,18)19)15-12-10-11-13-15/h10-13,15-16H,2-9,14H2,1H3,(H,17,18,19). The molecule has 0 saturated heterocycles. The van der Waals surface area contributed by atoms with E-state index in [0.29, 0.717) is 6.42 Å². The van der Waals surface area contributed by atoms with Gasteiger partial charge in [-0.2, -0.15) is 8.42 Å². The molecule has 0 aromatic heterocycles. The van der Waals surface area contributed by atoms with Gasteiger partial charge in [-0.1, -0.05) is 82.6 Å². The Morgan fingerprint density at radius 3 is 1.95 bits per heavy atom. The molecule has 1 unspecified atom stereocenters. The molecule has 0 radical (unpaired) electrons. The van der Waals surface area contributed by atoms with E-state index in [1.165, 1.54) is 32.1 Å². The molecule has 0 aromatic rings. The summed E-state index contributed by atoms with van der Waals surface area (Å²) < 4.78 is 32.2. The van der Waals surface area contributed by atoms with Gasteiger partial charge in [0, 0.05) is 5.92 Å². The largest absolute Gasteiger partial charge is 0.285 e. The van der Waals surface area contributed by atoms with Crippen LogP contribution in [0, 0.1) is 5.92 Å². The van der Waals surface area contributed by atoms with Crippen LogP contribution in [0.3, 0.4) is 0 Å². The van der Waals surface area contributed by atoms with Crippen molar-refractivity contribution in [3.8, 4) is 0 Å². The van der Waals surface area contributed by atoms with Crippen LogP contribution in [0.1, 0.15) is 64.7 Å². The van der Waals surface area contributed by atoms with Gasteiger partial charge in [-0.3, -0.25) is 4.55 Å². The first-order valence-corrected chi connectivity index (χ1v) is 9.37. The number of unbranched alkanes of at least 4 members (excludes halogenated alkanes) is 7. The van der Waals surface area contributed by atoms with Crippen molar-refractivity contribution in [2.24, 2.45) is 5.92 Å². The Bertz CT molecular complexity index is 397. The molecule has 0 fully saturated rings. The Labute approximate surface area is 123 Å². The summed E-state index contributed by atoms with van der Waals surface area (Å²) in [5, 5.41) is -0.669. The lowest BCUT2D eigenvalue weighted by molar-refractivity contribution is 0.443. The summed E-state index contributed by atoms with van der Waals surface area (Å²) in [6.45, 7) is 2.21. The molecule has 1 aliphatic carbocycles. The van der Waals surface area contributed by atoms with Crippen LogP contribution in [0.25, 0.3) is 0 Å². The van der Waals surface area contributed by atoms with Crippen LogP contribution in [0.5, 0.6) is 0 Å². The summed E-state index contributed by atoms with van der Waals surface area (Å²) in [5.41, 5.74) is 0. The van der Waals surface area contributed by atoms with Crippen LogP contribution < -0.4 is 0 Å². The van der Waals surface area contributed by atoms with Crippen molar-refractivity contribution < 1.29 is 13.0 Å². The second kappa shape index (κ2) is 9.35. The monoisotopic (exact) mass is 300 g/mol. The fourth-order valence-corrected chi connectivity index (χ4v) is 3.76. The first kappa shape index (κ1) is 17.4. The highest BCUT2D eigenvalue weighted by Gasteiger charge is 2.29. The van der Waals surface area contributed by atoms with Gasteiger partial charge >= 0.3 is 0 Å². The van der Waals surface area contributed by atoms with Crippen LogP contribution in [0.4, 0.5) is 0 Å². The molecule has 1 rings (SSSR count). The van der Waals surface area contributed by atoms with Crippen molar-refractivity contribution in [3.63, 3.8) is 0 Å². The molecule has 1 aliphatic rings. The summed E-state index contributed by atoms with van der Waals surface area (Å²) >= 11 is 0. The van der Waals surface area contributed by atoms with Crippen LogP contribution in [-0.4, -0.2) is 18.2 Å². The summed E-state index contributed by atoms with van der Waals surface area (Å²) in [4.78, 5) is 0. The predicted molar refractivity (Wildman–Crippen MR) is 84.3 cm³/mol. The minimum Gasteiger partial charge on any atom is -0.285 e. The predicted octanol–water partition coefficient (Wildman–Crippen LogP) is 4.52. The van der Waals surface area contributed by atoms with Gasteiger partial charge in [0.15, 0.2) is 0 Å². The van der Waals surface area contributed by atoms with Crippen LogP contribution >= 0.6 is 0 Å². The fraction of sp³-hybridized carbons (Fsp3) is 0.750. The Kier molecular flexibility index (Phi) is 8.15. The molecule has 4 heteroatoms. The molecule has 1 N–H and O–H groups in total. The van der Waals surface area contributed by atoms with Crippen LogP contribution in [0.2, 0.25) is 0 Å². The van der Waals surface area contributed by atoms with Crippen molar-refractivity contribution in [3.05, 3.63) is 24.3 Å². The van der Waals surface area contributed by atoms with Gasteiger partial charge in [0.05, 0.1) is 5.25 Å². The molecule has 0 bridgehead atoms. The zero-order valence-electron chi connectivity index (χ0n) is 12.5. The third-order valence-corrected chi connectivity index (χ3v) is 5.25. The third kappa shape index (κ3) is 6.71. The van der Waals surface area contributed by atoms with Gasteiger partial charge in [-0.25, -0.2) is 0 Å². The molecule has 0 saturated carbocycles. The highest BCUT2D eigenvalue weighted by Crippen LogP contribution is 2.24. The third-order valence-electron chi connectivity index (χ3n) is 3.93. The van der Waals surface area contributed by atoms with Crippen molar-refractivity contribution in [2.75, 3.05) is 0 Å². The van der Waals surface area contributed by atoms with Crippen molar-refractivity contribution in [1.29, 1.82) is 0 Å². The number of allylic oxidation sites excluding steroid dienone is 4. The Morgan fingerprint density at radius 1 is 0.950 bits per heavy atom. The Morgan fingerprint density at radius 2 is 1.45 bits per heavy atom. The molecule has 116 valence electrons. The van der Waals surface area contributed by atoms with E-state index in [0.717, 1.165) is 19.3 Å². The zero-order valence-corrected chi connectivity index (χ0v) is 13.3. The number of rotatable bonds is 11. The zero-order chi connectivity index (χ0) is 14.8. The summed E-state index contributed by atoms with van der Waals surface area (Å²) in [6, 6.07) is 0. The van der Waals surface area contributed by atoms with Crippen molar-refractivity contribution >= 4 is 10.1 Å². The minimum absolute atomic E-state index is 0.158. The van der Waals surface area contributed by atoms with Crippen molar-refractivity contribution in [2.45, 2.75) is 70.0 Å². The van der Waals surface area contributed by atoms with E-state index < -0.39 is 15.4 Å². The van der Waals surface area contributed by atoms with E-state index in [1.807, 2.05) is 24.3 Å². The molecular formula is C16H28O3S. The van der Waals surface area contributed by atoms with E-state index in [4.69, 9.17) is 0 Å². The van der Waals surface area contributed by atoms with Crippen LogP contribution in [0.15, 0.2) is 24.3 Å². The lowest BCUT2D eigenvalue weighted by Gasteiger charge is -2.17. The topological polar surface area (TPSA) is 54.4 Å². The van der Waals surface area contributed by atoms with E-state index in [2.05, 4.69) is 6.92 Å². The second-order valence-corrected chi connectivity index (χ2v) is 7.30. The fourth-order valence-electron chi connectivity index (χ4n) is 2.72. The van der Waals surface area contributed by atoms with Crippen molar-refractivity contribution in [1.82, 2.24) is 0 Å². The first-order valence-electron chi connectivity index (χ1n) is 7.87. The average molecular weight is 300 g/mol. The molecule has 20 heavy (non-hydrogen) atoms.